The minimum Gasteiger partial charge on any atom is -0.493 e. The minimum atomic E-state index is -0.726. The number of aliphatic imine (C=N–C) groups is 1. The Morgan fingerprint density at radius 2 is 1.96 bits per heavy atom. The van der Waals surface area contributed by atoms with Crippen LogP contribution in [0.1, 0.15) is 11.1 Å². The predicted molar refractivity (Wildman–Crippen MR) is 106 cm³/mol. The summed E-state index contributed by atoms with van der Waals surface area (Å²) in [5.74, 6) is -0.476. The Morgan fingerprint density at radius 1 is 1.19 bits per heavy atom. The zero-order chi connectivity index (χ0) is 19.0. The fourth-order valence-electron chi connectivity index (χ4n) is 2.67. The average molecular weight is 378 g/mol. The number of hydrogen-bond donors (Lipinski definition) is 2. The Kier molecular flexibility index (Phi) is 4.17. The summed E-state index contributed by atoms with van der Waals surface area (Å²) < 4.78 is 2.00. The van der Waals surface area contributed by atoms with Crippen molar-refractivity contribution in [3.63, 3.8) is 0 Å². The van der Waals surface area contributed by atoms with E-state index in [2.05, 4.69) is 15.0 Å². The lowest BCUT2D eigenvalue weighted by Crippen LogP contribution is -2.31. The average Bonchev–Trinajstić information content (AvgIpc) is 3.04. The second kappa shape index (κ2) is 6.65. The van der Waals surface area contributed by atoms with Crippen molar-refractivity contribution < 1.29 is 5.11 Å². The molecule has 4 rings (SSSR count). The molecule has 0 saturated carbocycles. The van der Waals surface area contributed by atoms with Gasteiger partial charge in [-0.1, -0.05) is 35.6 Å². The monoisotopic (exact) mass is 378 g/mol. The molecular weight excluding hydrogens is 364 g/mol. The molecule has 134 valence electrons. The van der Waals surface area contributed by atoms with Gasteiger partial charge >= 0.3 is 5.69 Å². The maximum absolute atomic E-state index is 12.1. The molecule has 0 spiro atoms. The van der Waals surface area contributed by atoms with E-state index in [1.165, 1.54) is 17.6 Å². The van der Waals surface area contributed by atoms with Crippen LogP contribution in [0.5, 0.6) is 5.88 Å². The smallest absolute Gasteiger partial charge is 0.335 e. The number of para-hydroxylation sites is 1. The molecule has 2 N–H and O–H groups in total. The van der Waals surface area contributed by atoms with Crippen LogP contribution in [0.4, 0.5) is 5.13 Å². The molecule has 0 unspecified atom stereocenters. The van der Waals surface area contributed by atoms with Crippen molar-refractivity contribution in [1.29, 1.82) is 0 Å². The zero-order valence-corrected chi connectivity index (χ0v) is 15.0. The minimum absolute atomic E-state index is 0.117. The molecule has 2 aromatic heterocycles. The summed E-state index contributed by atoms with van der Waals surface area (Å²) in [6, 6.07) is 14.4. The number of benzene rings is 2. The lowest BCUT2D eigenvalue weighted by molar-refractivity contribution is 0.430. The summed E-state index contributed by atoms with van der Waals surface area (Å²) >= 11 is 1.37. The fourth-order valence-corrected chi connectivity index (χ4v) is 3.58. The number of nitrogens with one attached hydrogen (secondary N) is 1. The predicted octanol–water partition coefficient (Wildman–Crippen LogP) is 2.90. The molecule has 8 heteroatoms. The van der Waals surface area contributed by atoms with E-state index in [0.29, 0.717) is 10.8 Å². The van der Waals surface area contributed by atoms with Crippen LogP contribution in [0.25, 0.3) is 15.9 Å². The number of thiazole rings is 1. The van der Waals surface area contributed by atoms with E-state index in [9.17, 15) is 14.7 Å². The van der Waals surface area contributed by atoms with Crippen LogP contribution in [-0.2, 0) is 0 Å². The molecule has 0 aliphatic rings. The number of hydrogen-bond acceptors (Lipinski definition) is 6. The molecule has 0 atom stereocenters. The first-order chi connectivity index (χ1) is 13.0. The van der Waals surface area contributed by atoms with Crippen LogP contribution >= 0.6 is 11.3 Å². The van der Waals surface area contributed by atoms with Gasteiger partial charge in [-0.2, -0.15) is 0 Å². The van der Waals surface area contributed by atoms with E-state index in [-0.39, 0.29) is 5.56 Å². The summed E-state index contributed by atoms with van der Waals surface area (Å²) in [4.78, 5) is 35.1. The largest absolute Gasteiger partial charge is 0.493 e. The molecule has 0 aliphatic heterocycles. The zero-order valence-electron chi connectivity index (χ0n) is 14.2. The highest BCUT2D eigenvalue weighted by molar-refractivity contribution is 7.22. The van der Waals surface area contributed by atoms with Gasteiger partial charge < -0.3 is 5.11 Å². The molecule has 27 heavy (non-hydrogen) atoms. The molecule has 2 aromatic carbocycles. The Bertz CT molecular complexity index is 1290. The van der Waals surface area contributed by atoms with Crippen molar-refractivity contribution in [1.82, 2.24) is 14.5 Å². The van der Waals surface area contributed by atoms with Gasteiger partial charge in [0.1, 0.15) is 5.56 Å². The molecule has 0 amide bonds. The molecule has 0 radical (unpaired) electrons. The third kappa shape index (κ3) is 3.18. The molecule has 2 heterocycles. The number of rotatable bonds is 3. The molecule has 0 saturated heterocycles. The molecule has 4 aromatic rings. The summed E-state index contributed by atoms with van der Waals surface area (Å²) in [5.41, 5.74) is 0.799. The Morgan fingerprint density at radius 3 is 2.74 bits per heavy atom. The first kappa shape index (κ1) is 16.9. The number of nitrogens with zero attached hydrogens (tertiary/aromatic N) is 3. The van der Waals surface area contributed by atoms with Crippen LogP contribution in [0, 0.1) is 6.92 Å². The van der Waals surface area contributed by atoms with Crippen LogP contribution in [0.2, 0.25) is 0 Å². The summed E-state index contributed by atoms with van der Waals surface area (Å²) in [5, 5.41) is 10.9. The highest BCUT2D eigenvalue weighted by Gasteiger charge is 2.14. The van der Waals surface area contributed by atoms with Crippen molar-refractivity contribution in [2.45, 2.75) is 6.92 Å². The van der Waals surface area contributed by atoms with Gasteiger partial charge in [0.05, 0.1) is 15.9 Å². The van der Waals surface area contributed by atoms with Crippen molar-refractivity contribution in [3.05, 3.63) is 80.5 Å². The van der Waals surface area contributed by atoms with Gasteiger partial charge in [0, 0.05) is 6.21 Å². The van der Waals surface area contributed by atoms with Crippen LogP contribution in [0.3, 0.4) is 0 Å². The summed E-state index contributed by atoms with van der Waals surface area (Å²) in [7, 11) is 0. The lowest BCUT2D eigenvalue weighted by Gasteiger charge is -2.08. The van der Waals surface area contributed by atoms with Crippen molar-refractivity contribution >= 4 is 32.9 Å². The lowest BCUT2D eigenvalue weighted by atomic mass is 10.2. The maximum Gasteiger partial charge on any atom is 0.335 e. The maximum atomic E-state index is 12.1. The quantitative estimate of drug-likeness (QED) is 0.535. The van der Waals surface area contributed by atoms with E-state index in [4.69, 9.17) is 0 Å². The number of aromatic hydroxyl groups is 1. The molecule has 0 fully saturated rings. The highest BCUT2D eigenvalue weighted by atomic mass is 32.1. The van der Waals surface area contributed by atoms with E-state index in [1.807, 2.05) is 25.1 Å². The van der Waals surface area contributed by atoms with Gasteiger partial charge in [0.2, 0.25) is 11.0 Å². The topological polar surface area (TPSA) is 100 Å². The first-order valence-electron chi connectivity index (χ1n) is 8.08. The number of aryl methyl sites for hydroxylation is 1. The molecule has 7 nitrogen and oxygen atoms in total. The summed E-state index contributed by atoms with van der Waals surface area (Å²) in [6.07, 6.45) is 1.22. The molecule has 0 bridgehead atoms. The first-order valence-corrected chi connectivity index (χ1v) is 8.89. The third-order valence-electron chi connectivity index (χ3n) is 3.97. The SMILES string of the molecule is Cc1ccc2nc(/N=C/c3c(O)n(-c4ccccc4)c(=O)[nH]c3=O)sc2c1. The Labute approximate surface area is 156 Å². The van der Waals surface area contributed by atoms with Gasteiger partial charge in [-0.05, 0) is 36.8 Å². The van der Waals surface area contributed by atoms with Crippen molar-refractivity contribution in [3.8, 4) is 11.6 Å². The van der Waals surface area contributed by atoms with E-state index in [1.54, 1.807) is 30.3 Å². The van der Waals surface area contributed by atoms with Crippen LogP contribution in [-0.4, -0.2) is 25.9 Å². The van der Waals surface area contributed by atoms with Gasteiger partial charge in [-0.15, -0.1) is 0 Å². The fraction of sp³-hybridized carbons (Fsp3) is 0.0526. The second-order valence-corrected chi connectivity index (χ2v) is 6.90. The third-order valence-corrected chi connectivity index (χ3v) is 4.90. The number of fused-ring (bicyclic) bond motifs is 1. The second-order valence-electron chi connectivity index (χ2n) is 5.89. The van der Waals surface area contributed by atoms with E-state index < -0.39 is 17.1 Å². The molecule has 0 aliphatic carbocycles. The molecular formula is C19H14N4O3S. The van der Waals surface area contributed by atoms with Crippen LogP contribution in [0.15, 0.2) is 63.1 Å². The highest BCUT2D eigenvalue weighted by Crippen LogP contribution is 2.28. The van der Waals surface area contributed by atoms with Gasteiger partial charge in [-0.3, -0.25) is 9.78 Å². The van der Waals surface area contributed by atoms with Crippen molar-refractivity contribution in [2.24, 2.45) is 4.99 Å². The number of aromatic amines is 1. The Balaban J connectivity index is 1.80. The van der Waals surface area contributed by atoms with E-state index in [0.717, 1.165) is 20.3 Å². The summed E-state index contributed by atoms with van der Waals surface area (Å²) in [6.45, 7) is 1.99. The standard InChI is InChI=1S/C19H14N4O3S/c1-11-7-8-14-15(9-11)27-18(21-14)20-10-13-16(24)22-19(26)23(17(13)25)12-5-3-2-4-6-12/h2-10,25H,1H3,(H,22,24,26)/b20-10+. The van der Waals surface area contributed by atoms with Gasteiger partial charge in [-0.25, -0.2) is 19.3 Å². The number of H-pyrrole nitrogens is 1. The van der Waals surface area contributed by atoms with Crippen LogP contribution < -0.4 is 11.2 Å². The number of aromatic nitrogens is 3. The normalized spacial score (nSPS) is 11.4. The van der Waals surface area contributed by atoms with Gasteiger partial charge in [0.25, 0.3) is 5.56 Å². The Hall–Kier alpha value is -3.52. The van der Waals surface area contributed by atoms with Gasteiger partial charge in [0.15, 0.2) is 0 Å². The van der Waals surface area contributed by atoms with Crippen molar-refractivity contribution in [2.75, 3.05) is 0 Å². The van der Waals surface area contributed by atoms with E-state index >= 15 is 0 Å².